The molecule has 0 aromatic carbocycles. The minimum atomic E-state index is -1.07. The van der Waals surface area contributed by atoms with Crippen molar-refractivity contribution < 1.29 is 13.7 Å². The Morgan fingerprint density at radius 3 is 2.56 bits per heavy atom. The number of carbonyl (C=O) groups excluding carboxylic acids is 1. The van der Waals surface area contributed by atoms with E-state index in [0.29, 0.717) is 0 Å². The third-order valence-electron chi connectivity index (χ3n) is 0.597. The number of hydrogen-bond donors (Lipinski definition) is 0. The Morgan fingerprint density at radius 1 is 1.67 bits per heavy atom. The highest BCUT2D eigenvalue weighted by Gasteiger charge is 1.89. The molecule has 0 aliphatic rings. The van der Waals surface area contributed by atoms with Crippen LogP contribution in [-0.2, 0) is 20.3 Å². The first-order valence-electron chi connectivity index (χ1n) is 2.25. The van der Waals surface area contributed by atoms with Gasteiger partial charge < -0.3 is 4.74 Å². The van der Waals surface area contributed by atoms with Gasteiger partial charge in [0.2, 0.25) is 0 Å². The highest BCUT2D eigenvalue weighted by atomic mass is 32.2. The predicted octanol–water partition coefficient (Wildman–Crippen LogP) is 0.0516. The zero-order valence-electron chi connectivity index (χ0n) is 5.29. The summed E-state index contributed by atoms with van der Waals surface area (Å²) in [6, 6.07) is 0. The maximum absolute atomic E-state index is 10.3. The molecule has 0 saturated heterocycles. The molecule has 52 valence electrons. The SMILES string of the molecule is COC(=O)C=CS(C)=O. The predicted molar refractivity (Wildman–Crippen MR) is 35.2 cm³/mol. The van der Waals surface area contributed by atoms with Crippen molar-refractivity contribution in [2.75, 3.05) is 13.4 Å². The quantitative estimate of drug-likeness (QED) is 0.410. The fourth-order valence-electron chi connectivity index (χ4n) is 0.219. The largest absolute Gasteiger partial charge is 0.466 e. The summed E-state index contributed by atoms with van der Waals surface area (Å²) in [5.74, 6) is -0.481. The van der Waals surface area contributed by atoms with Gasteiger partial charge in [-0.05, 0) is 0 Å². The van der Waals surface area contributed by atoms with Crippen molar-refractivity contribution in [2.24, 2.45) is 0 Å². The Balaban J connectivity index is 3.71. The molecule has 0 aliphatic heterocycles. The summed E-state index contributed by atoms with van der Waals surface area (Å²) in [5, 5.41) is 1.27. The van der Waals surface area contributed by atoms with Gasteiger partial charge in [-0.3, -0.25) is 4.21 Å². The molecule has 1 unspecified atom stereocenters. The molecule has 0 radical (unpaired) electrons. The van der Waals surface area contributed by atoms with Gasteiger partial charge in [0.05, 0.1) is 7.11 Å². The Labute approximate surface area is 56.2 Å². The lowest BCUT2D eigenvalue weighted by atomic mass is 10.7. The van der Waals surface area contributed by atoms with Crippen LogP contribution in [0, 0.1) is 0 Å². The van der Waals surface area contributed by atoms with Crippen molar-refractivity contribution in [3.63, 3.8) is 0 Å². The maximum Gasteiger partial charge on any atom is 0.331 e. The molecular formula is C5H8O3S. The fourth-order valence-corrected chi connectivity index (χ4v) is 0.522. The molecule has 0 aromatic rings. The van der Waals surface area contributed by atoms with Gasteiger partial charge in [-0.1, -0.05) is 0 Å². The number of methoxy groups -OCH3 is 1. The van der Waals surface area contributed by atoms with Crippen molar-refractivity contribution in [3.05, 3.63) is 11.5 Å². The third kappa shape index (κ3) is 5.23. The molecule has 0 bridgehead atoms. The van der Waals surface area contributed by atoms with Crippen molar-refractivity contribution >= 4 is 16.8 Å². The topological polar surface area (TPSA) is 43.4 Å². The van der Waals surface area contributed by atoms with Gasteiger partial charge in [0.25, 0.3) is 0 Å². The molecule has 0 rings (SSSR count). The zero-order valence-corrected chi connectivity index (χ0v) is 6.10. The standard InChI is InChI=1S/C5H8O3S/c1-8-5(6)3-4-9(2)7/h3-4H,1-2H3. The molecule has 0 spiro atoms. The minimum Gasteiger partial charge on any atom is -0.466 e. The van der Waals surface area contributed by atoms with Gasteiger partial charge in [-0.2, -0.15) is 0 Å². The first-order chi connectivity index (χ1) is 4.16. The monoisotopic (exact) mass is 148 g/mol. The summed E-state index contributed by atoms with van der Waals surface area (Å²) in [6.45, 7) is 0. The van der Waals surface area contributed by atoms with E-state index in [0.717, 1.165) is 6.08 Å². The van der Waals surface area contributed by atoms with Gasteiger partial charge in [-0.15, -0.1) is 0 Å². The van der Waals surface area contributed by atoms with Gasteiger partial charge in [0.1, 0.15) is 0 Å². The second-order valence-corrected chi connectivity index (χ2v) is 2.59. The van der Waals surface area contributed by atoms with Crippen LogP contribution in [0.4, 0.5) is 0 Å². The van der Waals surface area contributed by atoms with Crippen molar-refractivity contribution in [2.45, 2.75) is 0 Å². The van der Waals surface area contributed by atoms with Gasteiger partial charge in [0.15, 0.2) is 0 Å². The summed E-state index contributed by atoms with van der Waals surface area (Å²) >= 11 is 0. The first kappa shape index (κ1) is 8.36. The summed E-state index contributed by atoms with van der Waals surface area (Å²) in [7, 11) is 0.200. The van der Waals surface area contributed by atoms with E-state index >= 15 is 0 Å². The van der Waals surface area contributed by atoms with Crippen LogP contribution in [0.1, 0.15) is 0 Å². The Morgan fingerprint density at radius 2 is 2.22 bits per heavy atom. The van der Waals surface area contributed by atoms with Crippen molar-refractivity contribution in [1.82, 2.24) is 0 Å². The number of ether oxygens (including phenoxy) is 1. The summed E-state index contributed by atoms with van der Waals surface area (Å²) < 4.78 is 14.5. The second kappa shape index (κ2) is 4.26. The molecule has 0 N–H and O–H groups in total. The number of carbonyl (C=O) groups is 1. The van der Waals surface area contributed by atoms with E-state index in [1.165, 1.54) is 18.8 Å². The molecule has 4 heteroatoms. The highest BCUT2D eigenvalue weighted by Crippen LogP contribution is 1.80. The third-order valence-corrected chi connectivity index (χ3v) is 1.12. The van der Waals surface area contributed by atoms with Crippen LogP contribution in [-0.4, -0.2) is 23.5 Å². The van der Waals surface area contributed by atoms with Gasteiger partial charge >= 0.3 is 5.97 Å². The summed E-state index contributed by atoms with van der Waals surface area (Å²) in [6.07, 6.45) is 2.61. The van der Waals surface area contributed by atoms with Crippen LogP contribution in [0.25, 0.3) is 0 Å². The van der Waals surface area contributed by atoms with Crippen LogP contribution < -0.4 is 0 Å². The minimum absolute atomic E-state index is 0.481. The number of rotatable bonds is 2. The second-order valence-electron chi connectivity index (χ2n) is 1.32. The summed E-state index contributed by atoms with van der Waals surface area (Å²) in [4.78, 5) is 10.3. The van der Waals surface area contributed by atoms with Gasteiger partial charge in [0, 0.05) is 28.5 Å². The average Bonchev–Trinajstić information content (AvgIpc) is 1.83. The Hall–Kier alpha value is -0.640. The molecule has 0 amide bonds. The van der Waals surface area contributed by atoms with Crippen LogP contribution in [0.2, 0.25) is 0 Å². The van der Waals surface area contributed by atoms with E-state index in [4.69, 9.17) is 0 Å². The fraction of sp³-hybridized carbons (Fsp3) is 0.400. The van der Waals surface area contributed by atoms with Gasteiger partial charge in [-0.25, -0.2) is 4.79 Å². The molecule has 3 nitrogen and oxygen atoms in total. The van der Waals surface area contributed by atoms with Crippen LogP contribution >= 0.6 is 0 Å². The molecule has 0 fully saturated rings. The lowest BCUT2D eigenvalue weighted by Crippen LogP contribution is -1.94. The Kier molecular flexibility index (Phi) is 3.96. The van der Waals surface area contributed by atoms with Crippen LogP contribution in [0.5, 0.6) is 0 Å². The number of hydrogen-bond acceptors (Lipinski definition) is 3. The first-order valence-corrected chi connectivity index (χ1v) is 3.87. The molecule has 0 aliphatic carbocycles. The van der Waals surface area contributed by atoms with Crippen LogP contribution in [0.3, 0.4) is 0 Å². The molecular weight excluding hydrogens is 140 g/mol. The average molecular weight is 148 g/mol. The highest BCUT2D eigenvalue weighted by molar-refractivity contribution is 7.87. The molecule has 0 aromatic heterocycles. The van der Waals surface area contributed by atoms with E-state index in [9.17, 15) is 9.00 Å². The molecule has 0 heterocycles. The Bertz CT molecular complexity index is 150. The van der Waals surface area contributed by atoms with E-state index < -0.39 is 16.8 Å². The molecule has 9 heavy (non-hydrogen) atoms. The normalized spacial score (nSPS) is 13.6. The van der Waals surface area contributed by atoms with Crippen molar-refractivity contribution in [3.8, 4) is 0 Å². The molecule has 0 saturated carbocycles. The molecule has 1 atom stereocenters. The summed E-state index contributed by atoms with van der Waals surface area (Å²) in [5.41, 5.74) is 0. The van der Waals surface area contributed by atoms with Crippen LogP contribution in [0.15, 0.2) is 11.5 Å². The van der Waals surface area contributed by atoms with E-state index in [1.54, 1.807) is 0 Å². The zero-order chi connectivity index (χ0) is 7.28. The van der Waals surface area contributed by atoms with E-state index in [-0.39, 0.29) is 0 Å². The lowest BCUT2D eigenvalue weighted by molar-refractivity contribution is -0.134. The van der Waals surface area contributed by atoms with E-state index in [1.807, 2.05) is 0 Å². The van der Waals surface area contributed by atoms with Crippen molar-refractivity contribution in [1.29, 1.82) is 0 Å². The lowest BCUT2D eigenvalue weighted by Gasteiger charge is -1.86. The maximum atomic E-state index is 10.3. The van der Waals surface area contributed by atoms with E-state index in [2.05, 4.69) is 4.74 Å². The number of esters is 1. The smallest absolute Gasteiger partial charge is 0.331 e.